The summed E-state index contributed by atoms with van der Waals surface area (Å²) in [4.78, 5) is 38.0. The Morgan fingerprint density at radius 3 is 0.706 bits per heavy atom. The predicted octanol–water partition coefficient (Wildman–Crippen LogP) is -5.47. The number of carboxylic acids is 4. The van der Waals surface area contributed by atoms with Crippen LogP contribution in [0.4, 0.5) is 0 Å². The van der Waals surface area contributed by atoms with E-state index in [1.54, 1.807) is 0 Å². The van der Waals surface area contributed by atoms with Crippen molar-refractivity contribution < 1.29 is 65.4 Å². The van der Waals surface area contributed by atoms with Crippen molar-refractivity contribution in [3.8, 4) is 0 Å². The average molecular weight is 411 g/mol. The van der Waals surface area contributed by atoms with E-state index in [2.05, 4.69) is 0 Å². The molecule has 9 heteroatoms. The van der Waals surface area contributed by atoms with Gasteiger partial charge in [-0.25, -0.2) is 0 Å². The molecule has 0 aromatic rings. The second-order valence-corrected chi connectivity index (χ2v) is 2.49. The smallest absolute Gasteiger partial charge is 0.550 e. The summed E-state index contributed by atoms with van der Waals surface area (Å²) in [6.07, 6.45) is -1.88. The minimum Gasteiger partial charge on any atom is -0.550 e. The van der Waals surface area contributed by atoms with Crippen LogP contribution in [0.2, 0.25) is 0 Å². The largest absolute Gasteiger partial charge is 4.00 e. The van der Waals surface area contributed by atoms with Gasteiger partial charge in [0.05, 0.1) is 0 Å². The van der Waals surface area contributed by atoms with Crippen molar-refractivity contribution in [2.45, 2.75) is 25.7 Å². The van der Waals surface area contributed by atoms with Crippen LogP contribution in [0.3, 0.4) is 0 Å². The quantitative estimate of drug-likeness (QED) is 0.392. The van der Waals surface area contributed by atoms with Gasteiger partial charge in [-0.2, -0.15) is 0 Å². The van der Waals surface area contributed by atoms with E-state index in [4.69, 9.17) is 0 Å². The second-order valence-electron chi connectivity index (χ2n) is 2.49. The number of aliphatic carboxylic acids is 4. The van der Waals surface area contributed by atoms with E-state index in [1.165, 1.54) is 0 Å². The van der Waals surface area contributed by atoms with E-state index in [9.17, 15) is 39.6 Å². The fourth-order valence-corrected chi connectivity index (χ4v) is 0.408. The molecule has 0 fully saturated rings. The molecule has 17 heavy (non-hydrogen) atoms. The number of hydrogen-bond acceptors (Lipinski definition) is 8. The molecule has 0 saturated heterocycles. The Morgan fingerprint density at radius 1 is 0.529 bits per heavy atom. The van der Waals surface area contributed by atoms with Gasteiger partial charge in [-0.3, -0.25) is 0 Å². The molecule has 0 spiro atoms. The summed E-state index contributed by atoms with van der Waals surface area (Å²) in [5.74, 6) is -5.47. The summed E-state index contributed by atoms with van der Waals surface area (Å²) in [6, 6.07) is 0. The van der Waals surface area contributed by atoms with Crippen molar-refractivity contribution in [1.29, 1.82) is 0 Å². The van der Waals surface area contributed by atoms with Gasteiger partial charge < -0.3 is 39.6 Å². The number of carboxylic acid groups (broad SMARTS) is 4. The van der Waals surface area contributed by atoms with Crippen molar-refractivity contribution in [2.75, 3.05) is 0 Å². The third kappa shape index (κ3) is 31.3. The van der Waals surface area contributed by atoms with E-state index in [-0.39, 0.29) is 25.8 Å². The van der Waals surface area contributed by atoms with Crippen LogP contribution in [0.25, 0.3) is 0 Å². The van der Waals surface area contributed by atoms with E-state index in [0.717, 1.165) is 0 Å². The summed E-state index contributed by atoms with van der Waals surface area (Å²) in [6.45, 7) is 0. The Morgan fingerprint density at radius 2 is 0.647 bits per heavy atom. The molecule has 0 bridgehead atoms. The minimum atomic E-state index is -1.37. The van der Waals surface area contributed by atoms with E-state index < -0.39 is 49.6 Å². The summed E-state index contributed by atoms with van der Waals surface area (Å²) < 4.78 is 0. The molecule has 92 valence electrons. The molecular formula is C8H8HfO8. The van der Waals surface area contributed by atoms with Gasteiger partial charge in [0.25, 0.3) is 0 Å². The maximum atomic E-state index is 9.50. The van der Waals surface area contributed by atoms with Crippen LogP contribution in [0.1, 0.15) is 25.7 Å². The number of carbonyl (C=O) groups is 4. The molecule has 0 rings (SSSR count). The molecule has 0 amide bonds. The Bertz CT molecular complexity index is 219. The van der Waals surface area contributed by atoms with Crippen LogP contribution in [0, 0.1) is 0 Å². The number of hydrogen-bond donors (Lipinski definition) is 0. The van der Waals surface area contributed by atoms with Gasteiger partial charge in [0, 0.05) is 23.9 Å². The standard InChI is InChI=1S/2C4H6O4.Hf/c2*5-3(6)1-2-4(7)8;/h2*1-2H2,(H,5,6)(H,7,8);/q;;+4/p-4. The molecule has 0 aromatic carbocycles. The molecule has 0 unspecified atom stereocenters. The van der Waals surface area contributed by atoms with Crippen LogP contribution in [-0.4, -0.2) is 23.9 Å². The zero-order valence-corrected chi connectivity index (χ0v) is 12.2. The Hall–Kier alpha value is -1.25. The van der Waals surface area contributed by atoms with Gasteiger partial charge in [0.1, 0.15) is 0 Å². The first-order valence-electron chi connectivity index (χ1n) is 4.05. The molecule has 0 aliphatic rings. The summed E-state index contributed by atoms with van der Waals surface area (Å²) in [7, 11) is 0. The molecule has 8 nitrogen and oxygen atoms in total. The molecule has 0 atom stereocenters. The monoisotopic (exact) mass is 412 g/mol. The van der Waals surface area contributed by atoms with Gasteiger partial charge in [0.15, 0.2) is 0 Å². The van der Waals surface area contributed by atoms with Crippen molar-refractivity contribution in [3.63, 3.8) is 0 Å². The van der Waals surface area contributed by atoms with Gasteiger partial charge in [-0.1, -0.05) is 0 Å². The first kappa shape index (κ1) is 21.1. The summed E-state index contributed by atoms with van der Waals surface area (Å²) in [5, 5.41) is 38.0. The third-order valence-electron chi connectivity index (χ3n) is 1.07. The van der Waals surface area contributed by atoms with Crippen LogP contribution in [-0.2, 0) is 45.0 Å². The van der Waals surface area contributed by atoms with Crippen LogP contribution in [0.5, 0.6) is 0 Å². The first-order chi connectivity index (χ1) is 7.25. The van der Waals surface area contributed by atoms with E-state index in [0.29, 0.717) is 0 Å². The Labute approximate surface area is 115 Å². The maximum Gasteiger partial charge on any atom is 4.00 e. The molecule has 0 saturated carbocycles. The van der Waals surface area contributed by atoms with Gasteiger partial charge in [0.2, 0.25) is 0 Å². The van der Waals surface area contributed by atoms with Crippen molar-refractivity contribution in [3.05, 3.63) is 0 Å². The fraction of sp³-hybridized carbons (Fsp3) is 0.500. The van der Waals surface area contributed by atoms with Gasteiger partial charge in [-0.05, 0) is 25.7 Å². The van der Waals surface area contributed by atoms with E-state index in [1.807, 2.05) is 0 Å². The van der Waals surface area contributed by atoms with Gasteiger partial charge >= 0.3 is 25.8 Å². The first-order valence-corrected chi connectivity index (χ1v) is 4.05. The predicted molar refractivity (Wildman–Crippen MR) is 38.5 cm³/mol. The second kappa shape index (κ2) is 12.8. The summed E-state index contributed by atoms with van der Waals surface area (Å²) in [5.41, 5.74) is 0. The van der Waals surface area contributed by atoms with Crippen molar-refractivity contribution >= 4 is 23.9 Å². The molecule has 0 aromatic heterocycles. The summed E-state index contributed by atoms with van der Waals surface area (Å²) >= 11 is 0. The van der Waals surface area contributed by atoms with Crippen molar-refractivity contribution in [2.24, 2.45) is 0 Å². The SMILES string of the molecule is O=C([O-])CCC(=O)[O-].O=C([O-])CCC(=O)[O-].[Hf+4]. The molecule has 0 heterocycles. The average Bonchev–Trinajstić information content (AvgIpc) is 2.12. The van der Waals surface area contributed by atoms with Crippen LogP contribution < -0.4 is 20.4 Å². The third-order valence-corrected chi connectivity index (χ3v) is 1.07. The molecule has 0 N–H and O–H groups in total. The number of carbonyl (C=O) groups excluding carboxylic acids is 4. The topological polar surface area (TPSA) is 161 Å². The van der Waals surface area contributed by atoms with E-state index >= 15 is 0 Å². The zero-order chi connectivity index (χ0) is 13.1. The molecule has 0 aliphatic carbocycles. The Kier molecular flexibility index (Phi) is 15.9. The normalized spacial score (nSPS) is 8.00. The molecule has 0 aliphatic heterocycles. The van der Waals surface area contributed by atoms with Crippen LogP contribution >= 0.6 is 0 Å². The maximum absolute atomic E-state index is 9.50. The van der Waals surface area contributed by atoms with Crippen molar-refractivity contribution in [1.82, 2.24) is 0 Å². The minimum absolute atomic E-state index is 0. The van der Waals surface area contributed by atoms with Gasteiger partial charge in [-0.15, -0.1) is 0 Å². The molecule has 0 radical (unpaired) electrons. The number of rotatable bonds is 6. The zero-order valence-electron chi connectivity index (χ0n) is 8.59. The Balaban J connectivity index is -0.000000218. The fourth-order valence-electron chi connectivity index (χ4n) is 0.408. The molecular weight excluding hydrogens is 403 g/mol. The van der Waals surface area contributed by atoms with Crippen LogP contribution in [0.15, 0.2) is 0 Å².